The molecule has 1 aromatic carbocycles. The first-order valence-electron chi connectivity index (χ1n) is 33.6. The molecule has 0 bridgehead atoms. The molecule has 36 heteroatoms. The highest BCUT2D eigenvalue weighted by molar-refractivity contribution is 5.94. The standard InChI is InChI=1S/C63H103N5O31/c1-8-9-10-11-12-13-14-15-16-20-88-33-19-17-18-32(21-33)57(85)68-40-46(79)45(78)34(22-69)92-59(40)96-52-35(23-70)93-60(41(48(52)81)65-29(4)74)97-53-36(24-71)94-61(42(49(53)82)66-30(5)75)98-54-37(25-72)95-62(43(50(54)83)67-31(6)76)99-55-38(91-58(86)39(47(55)80)64-28(3)73)26-89-63-56(87-7)51(84)44(77)27(2)90-63/h17-19,21,27,34-56,58-63,69-72,77-84,86H,8-16,20,22-26H2,1-7H3,(H,64,73)(H,65,74)(H,66,75)(H,67,76)(H,68,85)/t27?,34?,35?,36?,37?,38?,39-,40-,41?,42-,43?,44+,45+,46+,47+,48?,49+,50?,51+,52+,53?,54+,55?,56?,58?,59?,60-,61-,62?,63+/m0/s1. The summed E-state index contributed by atoms with van der Waals surface area (Å²) >= 11 is 0. The number of rotatable bonds is 33. The predicted octanol–water partition coefficient (Wildman–Crippen LogP) is -6.50. The average molecular weight is 1430 g/mol. The smallest absolute Gasteiger partial charge is 0.251 e. The molecular formula is C63H103N5O31. The summed E-state index contributed by atoms with van der Waals surface area (Å²) in [5, 5.41) is 159. The van der Waals surface area contributed by atoms with Gasteiger partial charge in [-0.3, -0.25) is 24.0 Å². The van der Waals surface area contributed by atoms with E-state index in [4.69, 9.17) is 61.6 Å². The third-order valence-electron chi connectivity index (χ3n) is 18.2. The molecule has 6 heterocycles. The van der Waals surface area contributed by atoms with Crippen LogP contribution in [0.25, 0.3) is 0 Å². The third kappa shape index (κ3) is 21.1. The summed E-state index contributed by atoms with van der Waals surface area (Å²) in [5.41, 5.74) is 0.0622. The number of carbonyl (C=O) groups excluding carboxylic acids is 5. The van der Waals surface area contributed by atoms with Crippen LogP contribution in [0.15, 0.2) is 24.3 Å². The number of hydrogen-bond donors (Lipinski definition) is 18. The fraction of sp³-hybridized carbons (Fsp3) is 0.825. The number of unbranched alkanes of at least 4 members (excludes halogenated alkanes) is 8. The first kappa shape index (κ1) is 81.7. The quantitative estimate of drug-likeness (QED) is 0.0291. The molecule has 5 amide bonds. The Hall–Kier alpha value is -4.63. The van der Waals surface area contributed by atoms with E-state index in [1.165, 1.54) is 58.3 Å². The van der Waals surface area contributed by atoms with E-state index in [0.717, 1.165) is 53.4 Å². The van der Waals surface area contributed by atoms with Gasteiger partial charge in [-0.05, 0) is 31.5 Å². The minimum absolute atomic E-state index is 0.0622. The van der Waals surface area contributed by atoms with Gasteiger partial charge >= 0.3 is 0 Å². The molecule has 16 unspecified atom stereocenters. The molecule has 0 saturated carbocycles. The monoisotopic (exact) mass is 1430 g/mol. The Morgan fingerprint density at radius 3 is 1.27 bits per heavy atom. The van der Waals surface area contributed by atoms with Gasteiger partial charge in [0.2, 0.25) is 23.6 Å². The Bertz CT molecular complexity index is 2680. The molecule has 0 aromatic heterocycles. The fourth-order valence-electron chi connectivity index (χ4n) is 13.0. The summed E-state index contributed by atoms with van der Waals surface area (Å²) in [4.78, 5) is 65.1. The van der Waals surface area contributed by atoms with E-state index in [-0.39, 0.29) is 5.56 Å². The van der Waals surface area contributed by atoms with E-state index in [1.807, 2.05) is 0 Å². The number of nitrogens with one attached hydrogen (secondary N) is 5. The number of hydrogen-bond acceptors (Lipinski definition) is 31. The lowest BCUT2D eigenvalue weighted by atomic mass is 9.93. The number of ether oxygens (including phenoxy) is 13. The van der Waals surface area contributed by atoms with Crippen molar-refractivity contribution in [3.05, 3.63) is 29.8 Å². The van der Waals surface area contributed by atoms with Crippen molar-refractivity contribution in [1.29, 1.82) is 0 Å². The largest absolute Gasteiger partial charge is 0.494 e. The Morgan fingerprint density at radius 2 is 0.838 bits per heavy atom. The molecule has 6 saturated heterocycles. The molecule has 18 N–H and O–H groups in total. The highest BCUT2D eigenvalue weighted by Gasteiger charge is 2.58. The van der Waals surface area contributed by atoms with Crippen LogP contribution in [0, 0.1) is 0 Å². The van der Waals surface area contributed by atoms with Crippen molar-refractivity contribution in [2.45, 2.75) is 283 Å². The molecule has 99 heavy (non-hydrogen) atoms. The topological polar surface area (TPSA) is 528 Å². The van der Waals surface area contributed by atoms with E-state index in [2.05, 4.69) is 33.5 Å². The van der Waals surface area contributed by atoms with Crippen molar-refractivity contribution >= 4 is 29.5 Å². The van der Waals surface area contributed by atoms with Crippen molar-refractivity contribution in [1.82, 2.24) is 26.6 Å². The summed E-state index contributed by atoms with van der Waals surface area (Å²) < 4.78 is 78.0. The lowest BCUT2D eigenvalue weighted by Gasteiger charge is -2.51. The van der Waals surface area contributed by atoms with Crippen LogP contribution in [-0.4, -0.2) is 327 Å². The van der Waals surface area contributed by atoms with Crippen LogP contribution in [-0.2, 0) is 76.0 Å². The zero-order chi connectivity index (χ0) is 72.5. The van der Waals surface area contributed by atoms with Crippen LogP contribution < -0.4 is 31.3 Å². The van der Waals surface area contributed by atoms with E-state index in [9.17, 15) is 90.4 Å². The Balaban J connectivity index is 1.07. The lowest BCUT2D eigenvalue weighted by molar-refractivity contribution is -0.368. The van der Waals surface area contributed by atoms with E-state index >= 15 is 0 Å². The number of aliphatic hydroxyl groups excluding tert-OH is 13. The maximum Gasteiger partial charge on any atom is 0.251 e. The van der Waals surface area contributed by atoms with Crippen LogP contribution in [0.5, 0.6) is 5.75 Å². The van der Waals surface area contributed by atoms with Gasteiger partial charge in [0, 0.05) is 40.4 Å². The van der Waals surface area contributed by atoms with E-state index in [1.54, 1.807) is 12.1 Å². The highest BCUT2D eigenvalue weighted by atomic mass is 16.8. The minimum Gasteiger partial charge on any atom is -0.494 e. The summed E-state index contributed by atoms with van der Waals surface area (Å²) in [6.45, 7) is 3.61. The second-order valence-electron chi connectivity index (χ2n) is 25.6. The van der Waals surface area contributed by atoms with Crippen molar-refractivity contribution in [2.75, 3.05) is 46.8 Å². The van der Waals surface area contributed by atoms with Crippen LogP contribution in [0.1, 0.15) is 110 Å². The maximum absolute atomic E-state index is 14.0. The second-order valence-corrected chi connectivity index (χ2v) is 25.6. The molecule has 0 spiro atoms. The van der Waals surface area contributed by atoms with Gasteiger partial charge in [-0.15, -0.1) is 0 Å². The molecule has 30 atom stereocenters. The third-order valence-corrected chi connectivity index (χ3v) is 18.2. The SMILES string of the molecule is CCCCCCCCCCCOc1cccc(C(=O)N[C@@H]2C(O[C@@H]3C(CO)O[C@@H](OC4C(CO)O[C@@H](O[C@@H]5C(CO)OC(OC6C(CO[C@@H]7OC(C)[C@@H](O)[C@@H](O)C7OC)OC(O)[C@@H](NC(C)=O)[C@H]6O)C(NC(C)=O)C5O)[C@@H](NC(C)=O)[C@H]4O)C(NC(C)=O)C3O)OC(CO)[C@@H](O)[C@@H]2O)c1. The number of aliphatic hydroxyl groups is 13. The summed E-state index contributed by atoms with van der Waals surface area (Å²) in [6, 6.07) is -2.38. The fourth-order valence-corrected chi connectivity index (χ4v) is 13.0. The van der Waals surface area contributed by atoms with Gasteiger partial charge in [0.05, 0.1) is 45.7 Å². The van der Waals surface area contributed by atoms with Gasteiger partial charge in [0.25, 0.3) is 5.91 Å². The minimum atomic E-state index is -2.06. The van der Waals surface area contributed by atoms with Crippen LogP contribution in [0.3, 0.4) is 0 Å². The normalized spacial score (nSPS) is 39.5. The predicted molar refractivity (Wildman–Crippen MR) is 333 cm³/mol. The Labute approximate surface area is 572 Å². The van der Waals surface area contributed by atoms with Crippen LogP contribution in [0.2, 0.25) is 0 Å². The first-order valence-corrected chi connectivity index (χ1v) is 33.6. The number of carbonyl (C=O) groups is 5. The van der Waals surface area contributed by atoms with E-state index in [0.29, 0.717) is 12.4 Å². The molecule has 566 valence electrons. The molecule has 6 aliphatic rings. The molecule has 1 aromatic rings. The number of methoxy groups -OCH3 is 1. The molecule has 36 nitrogen and oxygen atoms in total. The summed E-state index contributed by atoms with van der Waals surface area (Å²) in [6.07, 6.45) is -33.4. The Morgan fingerprint density at radius 1 is 0.434 bits per heavy atom. The molecule has 6 fully saturated rings. The summed E-state index contributed by atoms with van der Waals surface area (Å²) in [5.74, 6) is -3.63. The lowest BCUT2D eigenvalue weighted by Crippen LogP contribution is -2.72. The van der Waals surface area contributed by atoms with Gasteiger partial charge in [-0.2, -0.15) is 0 Å². The Kier molecular flexibility index (Phi) is 32.0. The van der Waals surface area contributed by atoms with Crippen molar-refractivity contribution < 1.29 is 152 Å². The highest BCUT2D eigenvalue weighted by Crippen LogP contribution is 2.37. The van der Waals surface area contributed by atoms with Crippen LogP contribution in [0.4, 0.5) is 0 Å². The van der Waals surface area contributed by atoms with E-state index < -0.39 is 246 Å². The van der Waals surface area contributed by atoms with Gasteiger partial charge < -0.3 is 155 Å². The molecule has 6 aliphatic heterocycles. The van der Waals surface area contributed by atoms with Gasteiger partial charge in [-0.1, -0.05) is 64.4 Å². The van der Waals surface area contributed by atoms with Gasteiger partial charge in [-0.25, -0.2) is 0 Å². The maximum atomic E-state index is 14.0. The molecule has 0 aliphatic carbocycles. The summed E-state index contributed by atoms with van der Waals surface area (Å²) in [7, 11) is 1.21. The molecule has 7 rings (SSSR count). The molecule has 0 radical (unpaired) electrons. The average Bonchev–Trinajstić information content (AvgIpc) is 0.791. The number of benzene rings is 1. The van der Waals surface area contributed by atoms with Crippen molar-refractivity contribution in [3.8, 4) is 5.75 Å². The molecular weight excluding hydrogens is 1320 g/mol. The zero-order valence-corrected chi connectivity index (χ0v) is 56.4. The van der Waals surface area contributed by atoms with Gasteiger partial charge in [0.1, 0.15) is 146 Å². The number of amides is 5. The first-order chi connectivity index (χ1) is 47.2. The van der Waals surface area contributed by atoms with Crippen molar-refractivity contribution in [2.24, 2.45) is 0 Å². The zero-order valence-electron chi connectivity index (χ0n) is 56.4. The van der Waals surface area contributed by atoms with Gasteiger partial charge in [0.15, 0.2) is 37.7 Å². The second kappa shape index (κ2) is 38.8. The van der Waals surface area contributed by atoms with Crippen molar-refractivity contribution in [3.63, 3.8) is 0 Å². The van der Waals surface area contributed by atoms with Crippen LogP contribution >= 0.6 is 0 Å².